The van der Waals surface area contributed by atoms with Crippen molar-refractivity contribution >= 4 is 93.1 Å². The van der Waals surface area contributed by atoms with Crippen LogP contribution in [-0.4, -0.2) is 210 Å². The molecule has 9 rings (SSSR count). The fourth-order valence-corrected chi connectivity index (χ4v) is 53.6. The van der Waals surface area contributed by atoms with Crippen LogP contribution in [0.25, 0.3) is 0 Å². The van der Waals surface area contributed by atoms with Crippen LogP contribution in [0.5, 0.6) is 0 Å². The summed E-state index contributed by atoms with van der Waals surface area (Å²) < 4.78 is 130. The number of rotatable bonds is 57. The molecule has 5 aliphatic carbocycles. The topological polar surface area (TPSA) is 219 Å². The molecule has 24 atom stereocenters. The third-order valence-electron chi connectivity index (χ3n) is 40.8. The van der Waals surface area contributed by atoms with E-state index in [0.717, 1.165) is 176 Å². The van der Waals surface area contributed by atoms with Crippen LogP contribution in [0.4, 0.5) is 0 Å². The second-order valence-electron chi connectivity index (χ2n) is 45.6. The van der Waals surface area contributed by atoms with Gasteiger partial charge in [0.15, 0.2) is 99.8 Å². The Morgan fingerprint density at radius 3 is 1.28 bits per heavy atom. The molecule has 0 spiro atoms. The molecule has 3 aliphatic heterocycles. The maximum Gasteiger partial charge on any atom is 0.338 e. The summed E-state index contributed by atoms with van der Waals surface area (Å²) in [6, 6.07) is 33.2. The van der Waals surface area contributed by atoms with Crippen molar-refractivity contribution in [1.29, 1.82) is 0 Å². The van der Waals surface area contributed by atoms with Gasteiger partial charge in [-0.15, -0.1) is 0 Å². The first-order valence-electron chi connectivity index (χ1n) is 56.6. The van der Waals surface area contributed by atoms with Crippen molar-refractivity contribution in [2.45, 2.75) is 554 Å². The Bertz CT molecular complexity index is 3820. The van der Waals surface area contributed by atoms with Gasteiger partial charge in [0.05, 0.1) is 42.4 Å². The number of ether oxygens (including phenoxy) is 7. The molecule has 0 bridgehead atoms. The van der Waals surface area contributed by atoms with Crippen molar-refractivity contribution in [3.05, 3.63) is 47.5 Å². The summed E-state index contributed by atoms with van der Waals surface area (Å²) in [6.45, 7) is 76.6. The fraction of sp³-hybridized carbons (Fsp3) is 0.898. The Balaban J connectivity index is 1.39. The zero-order valence-corrected chi connectivity index (χ0v) is 102. The number of fused-ring (bicyclic) bond motifs is 7. The van der Waals surface area contributed by atoms with Crippen molar-refractivity contribution in [3.63, 3.8) is 0 Å². The van der Waals surface area contributed by atoms with Gasteiger partial charge in [0.25, 0.3) is 0 Å². The van der Waals surface area contributed by atoms with Gasteiger partial charge in [-0.2, -0.15) is 0 Å². The molecule has 1 aromatic rings. The van der Waals surface area contributed by atoms with Crippen molar-refractivity contribution in [3.8, 4) is 0 Å². The largest absolute Gasteiger partial charge is 0.481 e. The maximum atomic E-state index is 16.9. The molecule has 3 heterocycles. The van der Waals surface area contributed by atoms with Crippen molar-refractivity contribution in [2.75, 3.05) is 13.2 Å². The third-order valence-corrected chi connectivity index (χ3v) is 82.6. The zero-order valence-electron chi connectivity index (χ0n) is 93.3. The molecule has 792 valence electrons. The minimum absolute atomic E-state index is 0.0557. The van der Waals surface area contributed by atoms with E-state index in [-0.39, 0.29) is 48.4 Å². The molecule has 17 unspecified atom stereocenters. The van der Waals surface area contributed by atoms with Crippen LogP contribution in [0.15, 0.2) is 42.0 Å². The highest BCUT2D eigenvalue weighted by molar-refractivity contribution is 6.77. The molecule has 7 fully saturated rings. The van der Waals surface area contributed by atoms with Crippen molar-refractivity contribution in [1.82, 2.24) is 0 Å². The molecule has 8 aliphatic rings. The summed E-state index contributed by atoms with van der Waals surface area (Å²) >= 11 is 0. The van der Waals surface area contributed by atoms with Crippen LogP contribution < -0.4 is 0 Å². The van der Waals surface area contributed by atoms with E-state index in [1.807, 2.05) is 30.3 Å². The van der Waals surface area contributed by atoms with Crippen molar-refractivity contribution in [2.24, 2.45) is 50.2 Å². The average Bonchev–Trinajstić information content (AvgIpc) is 0.666. The van der Waals surface area contributed by atoms with E-state index in [2.05, 4.69) is 235 Å². The van der Waals surface area contributed by atoms with Gasteiger partial charge in [0.1, 0.15) is 67.8 Å². The Morgan fingerprint density at radius 1 is 0.409 bits per heavy atom. The van der Waals surface area contributed by atoms with E-state index in [0.29, 0.717) is 50.2 Å². The molecule has 1 aromatic carbocycles. The first-order chi connectivity index (χ1) is 65.1. The first kappa shape index (κ1) is 119. The quantitative estimate of drug-likeness (QED) is 0.0211. The Hall–Kier alpha value is -1.08. The van der Waals surface area contributed by atoms with Crippen LogP contribution in [-0.2, 0) is 94.0 Å². The number of aliphatic carboxylic acids is 1. The molecule has 0 aromatic heterocycles. The van der Waals surface area contributed by atoms with E-state index in [1.54, 1.807) is 0 Å². The number of aldehydes is 1. The van der Waals surface area contributed by atoms with Crippen LogP contribution in [0.3, 0.4) is 0 Å². The van der Waals surface area contributed by atoms with Gasteiger partial charge in [0.2, 0.25) is 0 Å². The second-order valence-corrected chi connectivity index (χ2v) is 88.2. The van der Waals surface area contributed by atoms with Crippen LogP contribution >= 0.6 is 0 Å². The number of hydrogen-bond acceptors (Lipinski definition) is 19. The Morgan fingerprint density at radius 2 is 0.825 bits per heavy atom. The van der Waals surface area contributed by atoms with E-state index in [4.69, 9.17) is 73.0 Å². The number of carbonyl (C=O) groups excluding carboxylic acids is 2. The predicted molar refractivity (Wildman–Crippen MR) is 580 cm³/mol. The molecule has 29 heteroatoms. The minimum Gasteiger partial charge on any atom is -0.481 e. The summed E-state index contributed by atoms with van der Waals surface area (Å²) in [6.07, 6.45) is -5.66. The smallest absolute Gasteiger partial charge is 0.338 e. The van der Waals surface area contributed by atoms with Crippen molar-refractivity contribution < 1.29 is 92.5 Å². The molecule has 3 saturated heterocycles. The number of carbonyl (C=O) groups is 3. The molecular formula is C108H204O20Si9. The highest BCUT2D eigenvalue weighted by Crippen LogP contribution is 2.77. The monoisotopic (exact) mass is 2070 g/mol. The summed E-state index contributed by atoms with van der Waals surface area (Å²) in [7, 11) is -23.7. The minimum atomic E-state index is -3.00. The summed E-state index contributed by atoms with van der Waals surface area (Å²) in [4.78, 5) is 47.6. The van der Waals surface area contributed by atoms with E-state index in [1.165, 1.54) is 11.9 Å². The SMILES string of the molecule is CC[Si](CC)(CC)OCC1OC(OC2C(O[C@H]3CC[C@@]4(C)C(CC[C@]5(C)C4CC=C4C6CC(C)(C)CC[C@]6(C(=O)O)[C@H](O[Si](CC)(CC)CC)C[C@]45C)[C@]3(C)C=O)OC(C(=O)OCc3ccccc3)C(O[Si](CC)(CC)CC)C2OC2OCC(O[Si](CC)(CC)CC)C(O[Si](CC)(CC)CC)C2O[Si](CC)(CC)CC)C(O[Si](CC)(CC)CC)C(O[Si](CC)(CC)CC)C1O[Si](CC)(CC)CC. The molecule has 1 N–H and O–H groups in total. The number of benzene rings is 1. The Labute approximate surface area is 845 Å². The first-order valence-corrected chi connectivity index (χ1v) is 79.4. The lowest BCUT2D eigenvalue weighted by Gasteiger charge is -2.72. The Kier molecular flexibility index (Phi) is 43.6. The van der Waals surface area contributed by atoms with Gasteiger partial charge in [-0.3, -0.25) is 4.79 Å². The molecule has 20 nitrogen and oxygen atoms in total. The average molecular weight is 2080 g/mol. The summed E-state index contributed by atoms with van der Waals surface area (Å²) in [5, 5.41) is 12.1. The van der Waals surface area contributed by atoms with Gasteiger partial charge in [-0.25, -0.2) is 4.79 Å². The lowest BCUT2D eigenvalue weighted by molar-refractivity contribution is -0.387. The van der Waals surface area contributed by atoms with Crippen LogP contribution in [0, 0.1) is 50.2 Å². The number of carboxylic acids is 1. The molecule has 0 radical (unpaired) electrons. The molecule has 137 heavy (non-hydrogen) atoms. The number of esters is 1. The van der Waals surface area contributed by atoms with Crippen LogP contribution in [0.2, 0.25) is 163 Å². The van der Waals surface area contributed by atoms with Gasteiger partial charge in [0, 0.05) is 0 Å². The zero-order chi connectivity index (χ0) is 102. The number of carboxylic acid groups (broad SMARTS) is 1. The highest BCUT2D eigenvalue weighted by atomic mass is 28.4. The fourth-order valence-electron chi connectivity index (χ4n) is 28.2. The second kappa shape index (κ2) is 50.0. The third kappa shape index (κ3) is 23.9. The lowest BCUT2D eigenvalue weighted by Crippen LogP contribution is -2.72. The van der Waals surface area contributed by atoms with Gasteiger partial charge in [-0.05, 0) is 266 Å². The number of hydrogen-bond donors (Lipinski definition) is 1. The molecule has 4 saturated carbocycles. The van der Waals surface area contributed by atoms with E-state index >= 15 is 9.59 Å². The lowest BCUT2D eigenvalue weighted by atomic mass is 9.33. The molecule has 0 amide bonds. The van der Waals surface area contributed by atoms with Gasteiger partial charge in [-0.1, -0.05) is 270 Å². The van der Waals surface area contributed by atoms with Crippen LogP contribution in [0.1, 0.15) is 292 Å². The standard InChI is InChI=1S/C108H204O20Si9/c1-34-129(35-2,36-3)115-78-83-89(123-132(43-10,44-11)45-12)92(125-134(49-16,50-17)51-18)97(128-137(58-25,59-26)60-27)101(116-83)120-95-91(118-99-96(127-136(55-22,56-23)57-24)90(124-133(46-13,47-14)48-15)84(77-114-99)121-130(37-4,38-5)39-6)93(126-135(52-19,53-20)54-21)94(98(110)113-76-80-64-62-61-63-65-80)119-100(95)117-87-69-70-104(30)85(105(87,31)79-109)68-71-106(32)86(104)67-66-81-82-74-103(28,29)72-73-108(82,102(111)112)88(75-107(81,106)33)122-131(40-7,41-8)42-9/h61-66,79,82-97,99-101H,34-60,67-78H2,1-33H3,(H,111,112)/t82?,83?,84?,85?,86?,87-,88+,89?,90?,91?,92?,93?,94?,95?,96?,97?,99?,100?,101?,104-,105-,106+,107+,108+/m0/s1. The predicted octanol–water partition coefficient (Wildman–Crippen LogP) is 28.5. The van der Waals surface area contributed by atoms with E-state index < -0.39 is 207 Å². The van der Waals surface area contributed by atoms with Gasteiger partial charge < -0.3 is 82.9 Å². The number of allylic oxidation sites excluding steroid dienone is 2. The van der Waals surface area contributed by atoms with Gasteiger partial charge >= 0.3 is 11.9 Å². The highest BCUT2D eigenvalue weighted by Gasteiger charge is 2.74. The normalized spacial score (nSPS) is 33.7. The molecular weight excluding hydrogens is 1870 g/mol. The summed E-state index contributed by atoms with van der Waals surface area (Å²) in [5.41, 5.74) is -1.35. The van der Waals surface area contributed by atoms with E-state index in [9.17, 15) is 9.90 Å². The maximum absolute atomic E-state index is 16.9. The summed E-state index contributed by atoms with van der Waals surface area (Å²) in [5.74, 6) is -1.66.